The Kier molecular flexibility index (Phi) is 3.75. The predicted molar refractivity (Wildman–Crippen MR) is 51.1 cm³/mol. The lowest BCUT2D eigenvalue weighted by atomic mass is 9.94. The summed E-state index contributed by atoms with van der Waals surface area (Å²) in [6.45, 7) is 6.62. The van der Waals surface area contributed by atoms with Crippen molar-refractivity contribution < 1.29 is 4.79 Å². The minimum atomic E-state index is -0.0260. The van der Waals surface area contributed by atoms with E-state index in [0.717, 1.165) is 12.8 Å². The lowest BCUT2D eigenvalue weighted by Crippen LogP contribution is -2.39. The van der Waals surface area contributed by atoms with E-state index < -0.39 is 0 Å². The van der Waals surface area contributed by atoms with E-state index in [1.165, 1.54) is 19.3 Å². The summed E-state index contributed by atoms with van der Waals surface area (Å²) in [7, 11) is 1.82. The average Bonchev–Trinajstić information content (AvgIpc) is 2.18. The van der Waals surface area contributed by atoms with Crippen LogP contribution in [0.1, 0.15) is 32.1 Å². The van der Waals surface area contributed by atoms with E-state index >= 15 is 0 Å². The van der Waals surface area contributed by atoms with Crippen LogP contribution in [0.2, 0.25) is 0 Å². The highest BCUT2D eigenvalue weighted by atomic mass is 16.2. The van der Waals surface area contributed by atoms with Crippen molar-refractivity contribution in [2.24, 2.45) is 0 Å². The van der Waals surface area contributed by atoms with Gasteiger partial charge in [0, 0.05) is 13.1 Å². The van der Waals surface area contributed by atoms with E-state index in [9.17, 15) is 4.79 Å². The Morgan fingerprint density at radius 1 is 1.46 bits per heavy atom. The van der Waals surface area contributed by atoms with E-state index in [2.05, 4.69) is 4.85 Å². The van der Waals surface area contributed by atoms with Gasteiger partial charge in [-0.15, -0.1) is 0 Å². The third-order valence-corrected chi connectivity index (χ3v) is 2.73. The number of nitrogens with zero attached hydrogens (tertiary/aromatic N) is 2. The summed E-state index contributed by atoms with van der Waals surface area (Å²) in [5, 5.41) is 0. The van der Waals surface area contributed by atoms with Gasteiger partial charge in [-0.2, -0.15) is 0 Å². The van der Waals surface area contributed by atoms with Gasteiger partial charge in [-0.1, -0.05) is 19.3 Å². The van der Waals surface area contributed by atoms with Gasteiger partial charge in [0.25, 0.3) is 6.54 Å². The first kappa shape index (κ1) is 10.0. The van der Waals surface area contributed by atoms with E-state index in [-0.39, 0.29) is 12.5 Å². The molecular formula is C10H16N2O. The van der Waals surface area contributed by atoms with Crippen molar-refractivity contribution in [1.82, 2.24) is 4.90 Å². The quantitative estimate of drug-likeness (QED) is 0.593. The highest BCUT2D eigenvalue weighted by Gasteiger charge is 2.22. The summed E-state index contributed by atoms with van der Waals surface area (Å²) in [5.74, 6) is -0.0260. The average molecular weight is 180 g/mol. The smallest absolute Gasteiger partial charge is 0.302 e. The van der Waals surface area contributed by atoms with E-state index in [1.54, 1.807) is 4.90 Å². The second-order valence-corrected chi connectivity index (χ2v) is 3.61. The third kappa shape index (κ3) is 2.73. The minimum absolute atomic E-state index is 0.00694. The second kappa shape index (κ2) is 4.86. The molecule has 0 unspecified atom stereocenters. The molecular weight excluding hydrogens is 164 g/mol. The molecule has 0 bridgehead atoms. The van der Waals surface area contributed by atoms with Gasteiger partial charge >= 0.3 is 5.91 Å². The van der Waals surface area contributed by atoms with Crippen molar-refractivity contribution in [2.75, 3.05) is 13.6 Å². The largest absolute Gasteiger partial charge is 0.336 e. The van der Waals surface area contributed by atoms with Gasteiger partial charge in [-0.25, -0.2) is 6.57 Å². The zero-order valence-electron chi connectivity index (χ0n) is 8.12. The molecule has 0 N–H and O–H groups in total. The lowest BCUT2D eigenvalue weighted by Gasteiger charge is -2.29. The first-order valence-electron chi connectivity index (χ1n) is 4.84. The number of amides is 1. The van der Waals surface area contributed by atoms with E-state index in [4.69, 9.17) is 6.57 Å². The molecule has 13 heavy (non-hydrogen) atoms. The van der Waals surface area contributed by atoms with Crippen LogP contribution >= 0.6 is 0 Å². The molecule has 3 nitrogen and oxygen atoms in total. The van der Waals surface area contributed by atoms with E-state index in [1.807, 2.05) is 7.05 Å². The van der Waals surface area contributed by atoms with Crippen LogP contribution in [0.25, 0.3) is 4.85 Å². The summed E-state index contributed by atoms with van der Waals surface area (Å²) in [4.78, 5) is 16.2. The molecule has 1 rings (SSSR count). The van der Waals surface area contributed by atoms with Crippen molar-refractivity contribution in [1.29, 1.82) is 0 Å². The van der Waals surface area contributed by atoms with Crippen LogP contribution in [-0.4, -0.2) is 30.4 Å². The monoisotopic (exact) mass is 180 g/mol. The summed E-state index contributed by atoms with van der Waals surface area (Å²) in [6.07, 6.45) is 5.96. The minimum Gasteiger partial charge on any atom is -0.336 e. The Balaban J connectivity index is 2.41. The SMILES string of the molecule is [C-]#[N+]CC(=O)N(C)C1CCCCC1. The Labute approximate surface area is 79.5 Å². The summed E-state index contributed by atoms with van der Waals surface area (Å²) in [5.41, 5.74) is 0. The van der Waals surface area contributed by atoms with Crippen molar-refractivity contribution in [3.05, 3.63) is 11.4 Å². The zero-order chi connectivity index (χ0) is 9.68. The third-order valence-electron chi connectivity index (χ3n) is 2.73. The number of likely N-dealkylation sites (N-methyl/N-ethyl adjacent to an activating group) is 1. The fraction of sp³-hybridized carbons (Fsp3) is 0.800. The van der Waals surface area contributed by atoms with Crippen molar-refractivity contribution in [3.63, 3.8) is 0 Å². The van der Waals surface area contributed by atoms with Crippen LogP contribution in [0.3, 0.4) is 0 Å². The van der Waals surface area contributed by atoms with Crippen LogP contribution < -0.4 is 0 Å². The van der Waals surface area contributed by atoms with Crippen LogP contribution in [0.5, 0.6) is 0 Å². The van der Waals surface area contributed by atoms with Crippen LogP contribution in [0.15, 0.2) is 0 Å². The maximum Gasteiger partial charge on any atom is 0.302 e. The number of hydrogen-bond acceptors (Lipinski definition) is 1. The summed E-state index contributed by atoms with van der Waals surface area (Å²) >= 11 is 0. The molecule has 1 saturated carbocycles. The first-order valence-corrected chi connectivity index (χ1v) is 4.84. The standard InChI is InChI=1S/C10H16N2O/c1-11-8-10(13)12(2)9-6-4-3-5-7-9/h9H,3-8H2,2H3. The second-order valence-electron chi connectivity index (χ2n) is 3.61. The van der Waals surface area contributed by atoms with Crippen molar-refractivity contribution >= 4 is 5.91 Å². The Bertz CT molecular complexity index is 213. The normalized spacial score (nSPS) is 17.8. The molecule has 0 aromatic carbocycles. The molecule has 0 aliphatic heterocycles. The van der Waals surface area contributed by atoms with Gasteiger partial charge in [-0.3, -0.25) is 4.79 Å². The molecule has 0 spiro atoms. The predicted octanol–water partition coefficient (Wildman–Crippen LogP) is 1.70. The molecule has 1 aliphatic rings. The fourth-order valence-corrected chi connectivity index (χ4v) is 1.85. The zero-order valence-corrected chi connectivity index (χ0v) is 8.12. The number of carbonyl (C=O) groups excluding carboxylic acids is 1. The summed E-state index contributed by atoms with van der Waals surface area (Å²) < 4.78 is 0. The molecule has 1 aliphatic carbocycles. The first-order chi connectivity index (χ1) is 6.25. The molecule has 0 aromatic heterocycles. The maximum atomic E-state index is 11.4. The maximum absolute atomic E-state index is 11.4. The van der Waals surface area contributed by atoms with Crippen LogP contribution in [-0.2, 0) is 4.79 Å². The summed E-state index contributed by atoms with van der Waals surface area (Å²) in [6, 6.07) is 0.392. The van der Waals surface area contributed by atoms with Gasteiger partial charge in [0.1, 0.15) is 0 Å². The molecule has 0 heterocycles. The molecule has 0 radical (unpaired) electrons. The Morgan fingerprint density at radius 3 is 2.62 bits per heavy atom. The van der Waals surface area contributed by atoms with Gasteiger partial charge in [0.2, 0.25) is 0 Å². The van der Waals surface area contributed by atoms with E-state index in [0.29, 0.717) is 6.04 Å². The van der Waals surface area contributed by atoms with Crippen molar-refractivity contribution in [2.45, 2.75) is 38.1 Å². The highest BCUT2D eigenvalue weighted by molar-refractivity contribution is 5.79. The van der Waals surface area contributed by atoms with Crippen LogP contribution in [0.4, 0.5) is 0 Å². The van der Waals surface area contributed by atoms with Gasteiger partial charge in [0.05, 0.1) is 0 Å². The molecule has 0 saturated heterocycles. The Hall–Kier alpha value is -1.04. The number of rotatable bonds is 2. The Morgan fingerprint density at radius 2 is 2.08 bits per heavy atom. The molecule has 0 aromatic rings. The number of hydrogen-bond donors (Lipinski definition) is 0. The topological polar surface area (TPSA) is 24.7 Å². The van der Waals surface area contributed by atoms with Crippen molar-refractivity contribution in [3.8, 4) is 0 Å². The number of carbonyl (C=O) groups is 1. The van der Waals surface area contributed by atoms with Gasteiger partial charge in [0.15, 0.2) is 0 Å². The molecule has 72 valence electrons. The molecule has 3 heteroatoms. The fourth-order valence-electron chi connectivity index (χ4n) is 1.85. The van der Waals surface area contributed by atoms with Gasteiger partial charge < -0.3 is 9.74 Å². The lowest BCUT2D eigenvalue weighted by molar-refractivity contribution is -0.130. The van der Waals surface area contributed by atoms with Gasteiger partial charge in [-0.05, 0) is 12.8 Å². The molecule has 1 fully saturated rings. The molecule has 0 atom stereocenters. The van der Waals surface area contributed by atoms with Crippen LogP contribution in [0, 0.1) is 6.57 Å². The molecule has 1 amide bonds. The highest BCUT2D eigenvalue weighted by Crippen LogP contribution is 2.21.